The third kappa shape index (κ3) is 5.21. The molecule has 0 N–H and O–H groups in total. The van der Waals surface area contributed by atoms with Crippen molar-refractivity contribution in [1.29, 1.82) is 0 Å². The minimum atomic E-state index is -3.96. The van der Waals surface area contributed by atoms with Gasteiger partial charge in [0.05, 0.1) is 16.4 Å². The van der Waals surface area contributed by atoms with Crippen LogP contribution in [-0.2, 0) is 10.0 Å². The van der Waals surface area contributed by atoms with Gasteiger partial charge in [-0.15, -0.1) is 0 Å². The highest BCUT2D eigenvalue weighted by Crippen LogP contribution is 2.35. The molecule has 31 heavy (non-hydrogen) atoms. The number of rotatable bonds is 8. The largest absolute Gasteiger partial charge is 0.434 e. The molecule has 0 saturated heterocycles. The molecule has 3 aromatic rings. The van der Waals surface area contributed by atoms with E-state index in [1.165, 1.54) is 34.8 Å². The van der Waals surface area contributed by atoms with Gasteiger partial charge in [0.25, 0.3) is 10.0 Å². The van der Waals surface area contributed by atoms with Crippen LogP contribution in [0.25, 0.3) is 0 Å². The number of halogens is 3. The molecule has 0 heterocycles. The molecule has 0 aliphatic rings. The number of hydrogen-bond acceptors (Lipinski definition) is 4. The van der Waals surface area contributed by atoms with Crippen molar-refractivity contribution in [3.8, 4) is 5.75 Å². The second-order valence-corrected chi connectivity index (χ2v) is 8.48. The summed E-state index contributed by atoms with van der Waals surface area (Å²) in [6.45, 7) is -1.06. The first-order chi connectivity index (χ1) is 14.8. The van der Waals surface area contributed by atoms with E-state index < -0.39 is 16.6 Å². The minimum Gasteiger partial charge on any atom is -0.434 e. The molecule has 3 aromatic carbocycles. The highest BCUT2D eigenvalue weighted by Gasteiger charge is 2.27. The molecule has 0 atom stereocenters. The summed E-state index contributed by atoms with van der Waals surface area (Å²) >= 11 is 6.40. The van der Waals surface area contributed by atoms with Crippen LogP contribution in [0.15, 0.2) is 82.7 Å². The van der Waals surface area contributed by atoms with E-state index in [2.05, 4.69) is 9.73 Å². The van der Waals surface area contributed by atoms with Gasteiger partial charge in [-0.05, 0) is 43.3 Å². The van der Waals surface area contributed by atoms with Crippen LogP contribution in [0, 0.1) is 0 Å². The second kappa shape index (κ2) is 9.89. The summed E-state index contributed by atoms with van der Waals surface area (Å²) in [6.07, 6.45) is 1.30. The molecule has 0 aliphatic heterocycles. The summed E-state index contributed by atoms with van der Waals surface area (Å²) in [6, 6.07) is 19.2. The molecule has 0 aliphatic carbocycles. The lowest BCUT2D eigenvalue weighted by Gasteiger charge is -2.23. The van der Waals surface area contributed by atoms with Gasteiger partial charge in [0.15, 0.2) is 0 Å². The SMILES string of the molecule is CCN(c1ccccc1)S(=O)(=O)c1cccc(N=Cc2ccccc2OC(F)F)c1Cl. The highest BCUT2D eigenvalue weighted by molar-refractivity contribution is 7.93. The average molecular weight is 465 g/mol. The number of alkyl halides is 2. The number of sulfonamides is 1. The van der Waals surface area contributed by atoms with Gasteiger partial charge < -0.3 is 4.74 Å². The fraction of sp³-hybridized carbons (Fsp3) is 0.136. The minimum absolute atomic E-state index is 0.0533. The Morgan fingerprint density at radius 3 is 2.39 bits per heavy atom. The van der Waals surface area contributed by atoms with Crippen molar-refractivity contribution < 1.29 is 21.9 Å². The summed E-state index contributed by atoms with van der Waals surface area (Å²) in [4.78, 5) is 4.11. The topological polar surface area (TPSA) is 59.0 Å². The van der Waals surface area contributed by atoms with Gasteiger partial charge in [-0.3, -0.25) is 9.30 Å². The molecule has 3 rings (SSSR count). The number of hydrogen-bond donors (Lipinski definition) is 0. The molecule has 9 heteroatoms. The van der Waals surface area contributed by atoms with E-state index in [1.807, 2.05) is 0 Å². The molecular formula is C22H19ClF2N2O3S. The van der Waals surface area contributed by atoms with E-state index in [4.69, 9.17) is 11.6 Å². The Kier molecular flexibility index (Phi) is 7.25. The Morgan fingerprint density at radius 1 is 1.03 bits per heavy atom. The lowest BCUT2D eigenvalue weighted by atomic mass is 10.2. The van der Waals surface area contributed by atoms with Crippen molar-refractivity contribution in [3.63, 3.8) is 0 Å². The van der Waals surface area contributed by atoms with E-state index in [1.54, 1.807) is 55.5 Å². The molecule has 0 fully saturated rings. The lowest BCUT2D eigenvalue weighted by Crippen LogP contribution is -2.30. The molecule has 0 unspecified atom stereocenters. The first-order valence-electron chi connectivity index (χ1n) is 9.28. The highest BCUT2D eigenvalue weighted by atomic mass is 35.5. The fourth-order valence-corrected chi connectivity index (χ4v) is 4.96. The Bertz CT molecular complexity index is 1170. The number of ether oxygens (including phenoxy) is 1. The van der Waals surface area contributed by atoms with Crippen LogP contribution < -0.4 is 9.04 Å². The predicted octanol–water partition coefficient (Wildman–Crippen LogP) is 5.91. The average Bonchev–Trinajstić information content (AvgIpc) is 2.74. The molecule has 162 valence electrons. The van der Waals surface area contributed by atoms with Gasteiger partial charge in [0.1, 0.15) is 10.6 Å². The molecule has 0 saturated carbocycles. The van der Waals surface area contributed by atoms with Crippen LogP contribution in [0.1, 0.15) is 12.5 Å². The molecule has 0 amide bonds. The first kappa shape index (κ1) is 22.7. The molecule has 0 bridgehead atoms. The number of benzene rings is 3. The molecular weight excluding hydrogens is 446 g/mol. The normalized spacial score (nSPS) is 11.8. The van der Waals surface area contributed by atoms with Gasteiger partial charge in [0.2, 0.25) is 0 Å². The third-order valence-corrected chi connectivity index (χ3v) is 6.77. The zero-order valence-electron chi connectivity index (χ0n) is 16.5. The van der Waals surface area contributed by atoms with Gasteiger partial charge in [-0.1, -0.05) is 48.0 Å². The first-order valence-corrected chi connectivity index (χ1v) is 11.1. The molecule has 0 aromatic heterocycles. The Morgan fingerprint density at radius 2 is 1.71 bits per heavy atom. The zero-order chi connectivity index (χ0) is 22.4. The van der Waals surface area contributed by atoms with Crippen LogP contribution in [-0.4, -0.2) is 27.8 Å². The maximum absolute atomic E-state index is 13.3. The van der Waals surface area contributed by atoms with Gasteiger partial charge >= 0.3 is 6.61 Å². The van der Waals surface area contributed by atoms with E-state index in [9.17, 15) is 17.2 Å². The summed E-state index contributed by atoms with van der Waals surface area (Å²) in [5.41, 5.74) is 0.985. The third-order valence-electron chi connectivity index (χ3n) is 4.32. The van der Waals surface area contributed by atoms with Crippen molar-refractivity contribution in [2.24, 2.45) is 4.99 Å². The van der Waals surface area contributed by atoms with E-state index in [0.29, 0.717) is 11.3 Å². The summed E-state index contributed by atoms with van der Waals surface area (Å²) in [7, 11) is -3.96. The number of nitrogens with zero attached hydrogens (tertiary/aromatic N) is 2. The quantitative estimate of drug-likeness (QED) is 0.389. The summed E-state index contributed by atoms with van der Waals surface area (Å²) in [5.74, 6) is -0.0533. The summed E-state index contributed by atoms with van der Waals surface area (Å²) in [5, 5.41) is -0.0691. The van der Waals surface area contributed by atoms with Crippen molar-refractivity contribution >= 4 is 39.2 Å². The Labute approximate surface area is 184 Å². The standard InChI is InChI=1S/C22H19ClF2N2O3S/c1-2-27(17-10-4-3-5-11-17)31(28,29)20-14-8-12-18(21(20)23)26-15-16-9-6-7-13-19(16)30-22(24)25/h3-15,22H,2H2,1H3. The zero-order valence-corrected chi connectivity index (χ0v) is 18.0. The van der Waals surface area contributed by atoms with Crippen LogP contribution in [0.2, 0.25) is 5.02 Å². The monoisotopic (exact) mass is 464 g/mol. The summed E-state index contributed by atoms with van der Waals surface area (Å²) < 4.78 is 57.5. The van der Waals surface area contributed by atoms with Crippen molar-refractivity contribution in [2.75, 3.05) is 10.8 Å². The number of anilines is 1. The fourth-order valence-electron chi connectivity index (χ4n) is 2.93. The van der Waals surface area contributed by atoms with E-state index in [-0.39, 0.29) is 27.9 Å². The van der Waals surface area contributed by atoms with Crippen LogP contribution in [0.5, 0.6) is 5.75 Å². The van der Waals surface area contributed by atoms with Crippen LogP contribution >= 0.6 is 11.6 Å². The second-order valence-electron chi connectivity index (χ2n) is 6.27. The van der Waals surface area contributed by atoms with Gasteiger partial charge in [-0.2, -0.15) is 8.78 Å². The van der Waals surface area contributed by atoms with Crippen LogP contribution in [0.3, 0.4) is 0 Å². The van der Waals surface area contributed by atoms with E-state index in [0.717, 1.165) is 0 Å². The Balaban J connectivity index is 1.98. The van der Waals surface area contributed by atoms with Gasteiger partial charge in [-0.25, -0.2) is 8.42 Å². The van der Waals surface area contributed by atoms with Gasteiger partial charge in [0, 0.05) is 18.3 Å². The van der Waals surface area contributed by atoms with Crippen molar-refractivity contribution in [2.45, 2.75) is 18.4 Å². The maximum Gasteiger partial charge on any atom is 0.387 e. The van der Waals surface area contributed by atoms with Crippen molar-refractivity contribution in [3.05, 3.63) is 83.4 Å². The van der Waals surface area contributed by atoms with Crippen LogP contribution in [0.4, 0.5) is 20.2 Å². The maximum atomic E-state index is 13.3. The van der Waals surface area contributed by atoms with Crippen molar-refractivity contribution in [1.82, 2.24) is 0 Å². The predicted molar refractivity (Wildman–Crippen MR) is 118 cm³/mol. The lowest BCUT2D eigenvalue weighted by molar-refractivity contribution is -0.0499. The smallest absolute Gasteiger partial charge is 0.387 e. The number of para-hydroxylation sites is 2. The Hall–Kier alpha value is -2.97. The molecule has 5 nitrogen and oxygen atoms in total. The molecule has 0 spiro atoms. The number of aliphatic imine (C=N–C) groups is 1. The van der Waals surface area contributed by atoms with E-state index >= 15 is 0 Å². The molecule has 0 radical (unpaired) electrons.